The minimum atomic E-state index is -0.470. The molecular weight excluding hydrogens is 470 g/mol. The van der Waals surface area contributed by atoms with Gasteiger partial charge in [0.2, 0.25) is 0 Å². The summed E-state index contributed by atoms with van der Waals surface area (Å²) in [5.74, 6) is 0.155. The Morgan fingerprint density at radius 2 is 1.83 bits per heavy atom. The Bertz CT molecular complexity index is 932. The lowest BCUT2D eigenvalue weighted by Crippen LogP contribution is -2.48. The Balaban J connectivity index is 1.93. The molecule has 0 atom stereocenters. The smallest absolute Gasteiger partial charge is 0.269 e. The molecule has 0 unspecified atom stereocenters. The van der Waals surface area contributed by atoms with Gasteiger partial charge in [0, 0.05) is 10.0 Å². The van der Waals surface area contributed by atoms with Gasteiger partial charge in [0.1, 0.15) is 18.1 Å². The number of hydrogen-bond donors (Lipinski definition) is 3. The van der Waals surface area contributed by atoms with Gasteiger partial charge in [-0.1, -0.05) is 28.6 Å². The molecule has 0 saturated carbocycles. The van der Waals surface area contributed by atoms with E-state index >= 15 is 0 Å². The molecule has 2 aromatic carbocycles. The maximum absolute atomic E-state index is 12.6. The molecule has 2 aromatic rings. The fourth-order valence-electron chi connectivity index (χ4n) is 2.28. The van der Waals surface area contributed by atoms with E-state index in [0.29, 0.717) is 29.2 Å². The van der Waals surface area contributed by atoms with Crippen LogP contribution in [0.4, 0.5) is 0 Å². The van der Waals surface area contributed by atoms with E-state index in [1.165, 1.54) is 0 Å². The van der Waals surface area contributed by atoms with E-state index in [1.807, 2.05) is 13.8 Å². The van der Waals surface area contributed by atoms with E-state index in [0.717, 1.165) is 4.47 Å². The highest BCUT2D eigenvalue weighted by Gasteiger charge is 2.16. The summed E-state index contributed by atoms with van der Waals surface area (Å²) >= 11 is 8.43. The molecule has 0 saturated heterocycles. The molecule has 3 N–H and O–H groups in total. The van der Waals surface area contributed by atoms with Gasteiger partial charge in [-0.2, -0.15) is 0 Å². The van der Waals surface area contributed by atoms with E-state index in [4.69, 9.17) is 21.7 Å². The molecule has 158 valence electrons. The molecule has 7 nitrogen and oxygen atoms in total. The van der Waals surface area contributed by atoms with Gasteiger partial charge in [-0.15, -0.1) is 0 Å². The largest absolute Gasteiger partial charge is 0.490 e. The highest BCUT2D eigenvalue weighted by atomic mass is 79.9. The minimum Gasteiger partial charge on any atom is -0.490 e. The van der Waals surface area contributed by atoms with Crippen molar-refractivity contribution in [3.63, 3.8) is 0 Å². The second-order valence-electron chi connectivity index (χ2n) is 6.29. The summed E-state index contributed by atoms with van der Waals surface area (Å²) in [7, 11) is 0. The average Bonchev–Trinajstić information content (AvgIpc) is 2.71. The number of ether oxygens (including phenoxy) is 2. The molecule has 9 heteroatoms. The van der Waals surface area contributed by atoms with Gasteiger partial charge in [0.25, 0.3) is 11.8 Å². The Labute approximate surface area is 188 Å². The average molecular weight is 492 g/mol. The third-order valence-corrected chi connectivity index (χ3v) is 4.25. The van der Waals surface area contributed by atoms with Crippen molar-refractivity contribution in [3.8, 4) is 11.5 Å². The molecule has 2 rings (SSSR count). The van der Waals surface area contributed by atoms with Crippen LogP contribution in [0.1, 0.15) is 34.6 Å². The second-order valence-corrected chi connectivity index (χ2v) is 7.62. The normalized spacial score (nSPS) is 10.1. The van der Waals surface area contributed by atoms with Crippen molar-refractivity contribution in [3.05, 3.63) is 70.7 Å². The van der Waals surface area contributed by atoms with Crippen molar-refractivity contribution < 1.29 is 19.1 Å². The number of thiocarbonyl (C=S) groups is 1. The zero-order valence-electron chi connectivity index (χ0n) is 16.5. The van der Waals surface area contributed by atoms with Gasteiger partial charge in [-0.3, -0.25) is 25.8 Å². The van der Waals surface area contributed by atoms with Crippen LogP contribution < -0.4 is 25.6 Å². The number of halogens is 1. The van der Waals surface area contributed by atoms with Crippen molar-refractivity contribution in [2.75, 3.05) is 6.61 Å². The lowest BCUT2D eigenvalue weighted by Gasteiger charge is -2.15. The van der Waals surface area contributed by atoms with E-state index in [9.17, 15) is 9.59 Å². The SMILES string of the molecule is C=CCOc1ccc(C(=O)NNC(=S)NC(=O)c2cc(Br)ccc2OC(C)C)cc1. The number of carbonyl (C=O) groups is 2. The van der Waals surface area contributed by atoms with Gasteiger partial charge in [-0.05, 0) is 68.5 Å². The number of amides is 2. The zero-order chi connectivity index (χ0) is 22.1. The third kappa shape index (κ3) is 7.16. The predicted octanol–water partition coefficient (Wildman–Crippen LogP) is 3.75. The van der Waals surface area contributed by atoms with E-state index in [-0.39, 0.29) is 11.2 Å². The van der Waals surface area contributed by atoms with Crippen molar-refractivity contribution in [1.29, 1.82) is 0 Å². The van der Waals surface area contributed by atoms with Crippen LogP contribution in [0.15, 0.2) is 59.6 Å². The van der Waals surface area contributed by atoms with Crippen LogP contribution in [-0.2, 0) is 0 Å². The Kier molecular flexibility index (Phi) is 8.82. The molecular formula is C21H22BrN3O4S. The molecule has 2 amide bonds. The van der Waals surface area contributed by atoms with Crippen LogP contribution in [-0.4, -0.2) is 29.6 Å². The van der Waals surface area contributed by atoms with Crippen molar-refractivity contribution >= 4 is 45.1 Å². The van der Waals surface area contributed by atoms with Gasteiger partial charge in [0.15, 0.2) is 5.11 Å². The Morgan fingerprint density at radius 3 is 2.47 bits per heavy atom. The molecule has 0 radical (unpaired) electrons. The second kappa shape index (κ2) is 11.3. The van der Waals surface area contributed by atoms with Gasteiger partial charge in [0.05, 0.1) is 11.7 Å². The summed E-state index contributed by atoms with van der Waals surface area (Å²) in [6.45, 7) is 7.68. The van der Waals surface area contributed by atoms with Crippen LogP contribution in [0.3, 0.4) is 0 Å². The highest BCUT2D eigenvalue weighted by Crippen LogP contribution is 2.24. The van der Waals surface area contributed by atoms with Crippen molar-refractivity contribution in [1.82, 2.24) is 16.2 Å². The molecule has 0 aromatic heterocycles. The first-order valence-electron chi connectivity index (χ1n) is 9.01. The fourth-order valence-corrected chi connectivity index (χ4v) is 2.79. The number of carbonyl (C=O) groups excluding carboxylic acids is 2. The molecule has 0 bridgehead atoms. The van der Waals surface area contributed by atoms with Gasteiger partial charge >= 0.3 is 0 Å². The summed E-state index contributed by atoms with van der Waals surface area (Å²) in [4.78, 5) is 24.8. The van der Waals surface area contributed by atoms with Crippen LogP contribution in [0.5, 0.6) is 11.5 Å². The quantitative estimate of drug-likeness (QED) is 0.310. The summed E-state index contributed by atoms with van der Waals surface area (Å²) in [5, 5.41) is 2.45. The molecule has 0 heterocycles. The van der Waals surface area contributed by atoms with E-state index in [1.54, 1.807) is 48.5 Å². The lowest BCUT2D eigenvalue weighted by molar-refractivity contribution is 0.0933. The third-order valence-electron chi connectivity index (χ3n) is 3.55. The topological polar surface area (TPSA) is 88.7 Å². The molecule has 0 aliphatic carbocycles. The first-order chi connectivity index (χ1) is 14.3. The number of rotatable bonds is 7. The van der Waals surface area contributed by atoms with Crippen LogP contribution in [0.2, 0.25) is 0 Å². The number of nitrogens with one attached hydrogen (secondary N) is 3. The highest BCUT2D eigenvalue weighted by molar-refractivity contribution is 9.10. The Hall–Kier alpha value is -2.91. The lowest BCUT2D eigenvalue weighted by atomic mass is 10.2. The fraction of sp³-hybridized carbons (Fsp3) is 0.190. The number of hydrazine groups is 1. The summed E-state index contributed by atoms with van der Waals surface area (Å²) in [6.07, 6.45) is 1.53. The zero-order valence-corrected chi connectivity index (χ0v) is 18.9. The van der Waals surface area contributed by atoms with Crippen molar-refractivity contribution in [2.24, 2.45) is 0 Å². The summed E-state index contributed by atoms with van der Waals surface area (Å²) in [6, 6.07) is 11.6. The Morgan fingerprint density at radius 1 is 1.13 bits per heavy atom. The summed E-state index contributed by atoms with van der Waals surface area (Å²) in [5.41, 5.74) is 5.64. The van der Waals surface area contributed by atoms with Gasteiger partial charge in [-0.25, -0.2) is 0 Å². The first-order valence-corrected chi connectivity index (χ1v) is 10.2. The van der Waals surface area contributed by atoms with Crippen molar-refractivity contribution in [2.45, 2.75) is 20.0 Å². The standard InChI is InChI=1S/C21H22BrN3O4S/c1-4-11-28-16-8-5-14(6-9-16)19(26)24-25-21(30)23-20(27)17-12-15(22)7-10-18(17)29-13(2)3/h4-10,12-13H,1,11H2,2-3H3,(H,24,26)(H2,23,25,27,30). The molecule has 0 fully saturated rings. The molecule has 0 aliphatic rings. The molecule has 0 spiro atoms. The van der Waals surface area contributed by atoms with Crippen LogP contribution >= 0.6 is 28.1 Å². The molecule has 30 heavy (non-hydrogen) atoms. The molecule has 0 aliphatic heterocycles. The maximum atomic E-state index is 12.6. The predicted molar refractivity (Wildman–Crippen MR) is 123 cm³/mol. The number of hydrogen-bond acceptors (Lipinski definition) is 5. The first kappa shape index (κ1) is 23.4. The minimum absolute atomic E-state index is 0.0604. The van der Waals surface area contributed by atoms with Crippen LogP contribution in [0, 0.1) is 0 Å². The number of benzene rings is 2. The van der Waals surface area contributed by atoms with E-state index < -0.39 is 11.8 Å². The van der Waals surface area contributed by atoms with Gasteiger partial charge < -0.3 is 9.47 Å². The van der Waals surface area contributed by atoms with E-state index in [2.05, 4.69) is 38.7 Å². The maximum Gasteiger partial charge on any atom is 0.269 e. The monoisotopic (exact) mass is 491 g/mol. The summed E-state index contributed by atoms with van der Waals surface area (Å²) < 4.78 is 11.7. The van der Waals surface area contributed by atoms with Crippen LogP contribution in [0.25, 0.3) is 0 Å².